The molecule has 0 bridgehead atoms. The normalized spacial score (nSPS) is 12.2. The van der Waals surface area contributed by atoms with Crippen molar-refractivity contribution >= 4 is 138 Å². The monoisotopic (exact) mass is 900 g/mol. The predicted octanol–water partition coefficient (Wildman–Crippen LogP) is 20.1. The van der Waals surface area contributed by atoms with Crippen LogP contribution in [0.4, 0.5) is 0 Å². The Kier molecular flexibility index (Phi) is 8.08. The first-order chi connectivity index (χ1) is 33.3. The molecule has 0 fully saturated rings. The van der Waals surface area contributed by atoms with Crippen LogP contribution in [-0.2, 0) is 0 Å². The molecule has 3 aromatic heterocycles. The Bertz CT molecular complexity index is 4460. The Morgan fingerprint density at radius 2 is 0.567 bits per heavy atom. The first-order valence-corrected chi connectivity index (χ1v) is 25.4. The van der Waals surface area contributed by atoms with Gasteiger partial charge in [0, 0.05) is 66.1 Å². The molecule has 0 saturated heterocycles. The fraction of sp³-hybridized carbons (Fsp3) is 0. The maximum atomic E-state index is 2.47. The summed E-state index contributed by atoms with van der Waals surface area (Å²) in [5, 5.41) is 18.2. The molecular weight excluding hydrogens is 865 g/mol. The minimum Gasteiger partial charge on any atom is -0.135 e. The minimum absolute atomic E-state index is 1.24. The van der Waals surface area contributed by atoms with Gasteiger partial charge < -0.3 is 0 Å². The Morgan fingerprint density at radius 3 is 1.04 bits per heavy atom. The van der Waals surface area contributed by atoms with Gasteiger partial charge in [-0.2, -0.15) is 0 Å². The van der Waals surface area contributed by atoms with Gasteiger partial charge in [0.1, 0.15) is 0 Å². The van der Waals surface area contributed by atoms with E-state index in [1.165, 1.54) is 148 Å². The predicted molar refractivity (Wildman–Crippen MR) is 297 cm³/mol. The zero-order valence-electron chi connectivity index (χ0n) is 36.0. The van der Waals surface area contributed by atoms with Crippen LogP contribution >= 0.6 is 34.0 Å². The number of fused-ring (bicyclic) bond motifs is 13. The molecule has 0 saturated carbocycles. The molecule has 3 heterocycles. The van der Waals surface area contributed by atoms with Crippen LogP contribution in [0.2, 0.25) is 0 Å². The van der Waals surface area contributed by atoms with Gasteiger partial charge in [-0.1, -0.05) is 188 Å². The van der Waals surface area contributed by atoms with Crippen molar-refractivity contribution in [1.29, 1.82) is 0 Å². The van der Waals surface area contributed by atoms with Crippen molar-refractivity contribution in [2.24, 2.45) is 0 Å². The van der Waals surface area contributed by atoms with Crippen LogP contribution in [0.5, 0.6) is 0 Å². The summed E-state index contributed by atoms with van der Waals surface area (Å²) < 4.78 is 7.93. The molecule has 3 heteroatoms. The van der Waals surface area contributed by atoms with Crippen molar-refractivity contribution in [1.82, 2.24) is 0 Å². The highest BCUT2D eigenvalue weighted by atomic mass is 32.1. The van der Waals surface area contributed by atoms with Gasteiger partial charge in [-0.15, -0.1) is 34.0 Å². The molecule has 15 rings (SSSR count). The van der Waals surface area contributed by atoms with E-state index >= 15 is 0 Å². The molecule has 12 aromatic carbocycles. The Labute approximate surface area is 397 Å². The number of hydrogen-bond donors (Lipinski definition) is 0. The molecule has 310 valence electrons. The van der Waals surface area contributed by atoms with Crippen LogP contribution in [-0.4, -0.2) is 0 Å². The summed E-state index contributed by atoms with van der Waals surface area (Å²) in [6.07, 6.45) is 0. The second kappa shape index (κ2) is 14.4. The van der Waals surface area contributed by atoms with Gasteiger partial charge in [0.15, 0.2) is 0 Å². The standard InChI is InChI=1S/C64H36S3/c1-3-18-41-39(16-1)58(40-17-2-4-19-42(40)59(41)50-27-14-32-55-62(50)48-24-9-11-30-53(48)65-55)37-34-35-38-47-26-13-29-52(64(47)67-57(38)36-37)61-45-22-7-5-20-43(45)60(44-21-6-8-23-46(44)61)51-28-15-33-56-63(51)49-25-10-12-31-54(49)66-56/h1-36H. The second-order valence-corrected chi connectivity index (χ2v) is 21.0. The summed E-state index contributed by atoms with van der Waals surface area (Å²) in [5.74, 6) is 0. The summed E-state index contributed by atoms with van der Waals surface area (Å²) in [6, 6.07) is 82.0. The van der Waals surface area contributed by atoms with Gasteiger partial charge >= 0.3 is 0 Å². The molecule has 0 nitrogen and oxygen atoms in total. The minimum atomic E-state index is 1.24. The van der Waals surface area contributed by atoms with E-state index in [2.05, 4.69) is 218 Å². The van der Waals surface area contributed by atoms with E-state index < -0.39 is 0 Å². The molecule has 0 aliphatic heterocycles. The van der Waals surface area contributed by atoms with E-state index in [-0.39, 0.29) is 0 Å². The highest BCUT2D eigenvalue weighted by molar-refractivity contribution is 7.27. The zero-order chi connectivity index (χ0) is 43.7. The van der Waals surface area contributed by atoms with E-state index in [1.54, 1.807) is 0 Å². The van der Waals surface area contributed by atoms with Gasteiger partial charge in [-0.05, 0) is 112 Å². The largest absolute Gasteiger partial charge is 0.135 e. The highest BCUT2D eigenvalue weighted by Gasteiger charge is 2.23. The fourth-order valence-corrected chi connectivity index (χ4v) is 15.1. The molecule has 0 unspecified atom stereocenters. The van der Waals surface area contributed by atoms with Gasteiger partial charge in [0.2, 0.25) is 0 Å². The number of thiophene rings is 3. The van der Waals surface area contributed by atoms with E-state index in [0.29, 0.717) is 0 Å². The van der Waals surface area contributed by atoms with Crippen LogP contribution in [0.3, 0.4) is 0 Å². The van der Waals surface area contributed by atoms with Gasteiger partial charge in [-0.3, -0.25) is 0 Å². The summed E-state index contributed by atoms with van der Waals surface area (Å²) in [6.45, 7) is 0. The summed E-state index contributed by atoms with van der Waals surface area (Å²) in [5.41, 5.74) is 10.3. The molecule has 0 aliphatic rings. The van der Waals surface area contributed by atoms with Crippen molar-refractivity contribution < 1.29 is 0 Å². The molecule has 15 aromatic rings. The third kappa shape index (κ3) is 5.39. The fourth-order valence-electron chi connectivity index (χ4n) is 11.6. The van der Waals surface area contributed by atoms with Crippen LogP contribution in [0.15, 0.2) is 218 Å². The molecule has 0 radical (unpaired) electrons. The van der Waals surface area contributed by atoms with E-state index in [9.17, 15) is 0 Å². The van der Waals surface area contributed by atoms with Crippen LogP contribution in [0.1, 0.15) is 0 Å². The molecule has 67 heavy (non-hydrogen) atoms. The smallest absolute Gasteiger partial charge is 0.0434 e. The Hall–Kier alpha value is -7.66. The lowest BCUT2D eigenvalue weighted by Crippen LogP contribution is -1.91. The van der Waals surface area contributed by atoms with Gasteiger partial charge in [0.25, 0.3) is 0 Å². The van der Waals surface area contributed by atoms with Gasteiger partial charge in [-0.25, -0.2) is 0 Å². The van der Waals surface area contributed by atoms with Crippen LogP contribution in [0.25, 0.3) is 148 Å². The number of hydrogen-bond acceptors (Lipinski definition) is 3. The first kappa shape index (κ1) is 37.5. The first-order valence-electron chi connectivity index (χ1n) is 22.9. The second-order valence-electron chi connectivity index (χ2n) is 17.7. The lowest BCUT2D eigenvalue weighted by molar-refractivity contribution is 1.70. The van der Waals surface area contributed by atoms with Crippen molar-refractivity contribution in [3.63, 3.8) is 0 Å². The van der Waals surface area contributed by atoms with Crippen molar-refractivity contribution in [2.45, 2.75) is 0 Å². The maximum absolute atomic E-state index is 2.47. The Balaban J connectivity index is 0.962. The van der Waals surface area contributed by atoms with Crippen molar-refractivity contribution in [3.05, 3.63) is 218 Å². The average molecular weight is 901 g/mol. The summed E-state index contributed by atoms with van der Waals surface area (Å²) in [4.78, 5) is 0. The number of benzene rings is 12. The molecule has 0 aliphatic carbocycles. The zero-order valence-corrected chi connectivity index (χ0v) is 38.5. The third-order valence-electron chi connectivity index (χ3n) is 14.3. The van der Waals surface area contributed by atoms with Crippen LogP contribution in [0, 0.1) is 0 Å². The topological polar surface area (TPSA) is 0 Å². The molecule has 0 atom stereocenters. The van der Waals surface area contributed by atoms with Crippen molar-refractivity contribution in [3.8, 4) is 44.5 Å². The van der Waals surface area contributed by atoms with Crippen molar-refractivity contribution in [2.75, 3.05) is 0 Å². The lowest BCUT2D eigenvalue weighted by atomic mass is 9.84. The van der Waals surface area contributed by atoms with E-state index in [1.807, 2.05) is 34.0 Å². The maximum Gasteiger partial charge on any atom is 0.0434 e. The third-order valence-corrected chi connectivity index (χ3v) is 17.7. The molecule has 0 N–H and O–H groups in total. The lowest BCUT2D eigenvalue weighted by Gasteiger charge is -2.18. The highest BCUT2D eigenvalue weighted by Crippen LogP contribution is 2.52. The molecule has 0 spiro atoms. The summed E-state index contributed by atoms with van der Waals surface area (Å²) in [7, 11) is 0. The van der Waals surface area contributed by atoms with E-state index in [4.69, 9.17) is 0 Å². The van der Waals surface area contributed by atoms with Gasteiger partial charge in [0.05, 0.1) is 0 Å². The quantitative estimate of drug-likeness (QED) is 0.154. The molecular formula is C64H36S3. The average Bonchev–Trinajstić information content (AvgIpc) is 4.09. The summed E-state index contributed by atoms with van der Waals surface area (Å²) >= 11 is 5.70. The van der Waals surface area contributed by atoms with E-state index in [0.717, 1.165) is 0 Å². The Morgan fingerprint density at radius 1 is 0.209 bits per heavy atom. The SMILES string of the molecule is c1ccc2c(c1)sc1cccc(-c3c4ccccc4c(-c4ccc5c(c4)sc4c(-c6c7ccccc7c(-c7cccc8sc9ccccc9c78)c7ccccc67)cccc45)c4ccccc34)c12. The number of rotatable bonds is 4. The van der Waals surface area contributed by atoms with Crippen LogP contribution < -0.4 is 0 Å². The molecule has 0 amide bonds.